The van der Waals surface area contributed by atoms with E-state index in [1.54, 1.807) is 26.4 Å². The second-order valence-electron chi connectivity index (χ2n) is 4.94. The second-order valence-corrected chi connectivity index (χ2v) is 5.70. The molecule has 8 nitrogen and oxygen atoms in total. The zero-order valence-electron chi connectivity index (χ0n) is 14.2. The maximum absolute atomic E-state index is 11.9. The molecule has 1 aromatic heterocycles. The van der Waals surface area contributed by atoms with E-state index in [0.717, 1.165) is 17.1 Å². The average molecular weight is 365 g/mol. The molecule has 1 heterocycles. The first-order valence-corrected chi connectivity index (χ1v) is 8.32. The summed E-state index contributed by atoms with van der Waals surface area (Å²) in [6, 6.07) is 5.33. The standard InChI is InChI=1S/C16H19N3O5S/c1-4-11-15(25-19-18-11)16(21)24-9-14(20)17-8-10-5-6-12(22-2)13(7-10)23-3/h5-7H,4,8-9H2,1-3H3,(H,17,20). The summed E-state index contributed by atoms with van der Waals surface area (Å²) in [4.78, 5) is 24.1. The van der Waals surface area contributed by atoms with Crippen molar-refractivity contribution in [3.05, 3.63) is 34.3 Å². The van der Waals surface area contributed by atoms with Crippen molar-refractivity contribution in [1.29, 1.82) is 0 Å². The monoisotopic (exact) mass is 365 g/mol. The highest BCUT2D eigenvalue weighted by Gasteiger charge is 2.17. The lowest BCUT2D eigenvalue weighted by Gasteiger charge is -2.10. The zero-order chi connectivity index (χ0) is 18.2. The van der Waals surface area contributed by atoms with E-state index in [2.05, 4.69) is 14.9 Å². The fraction of sp³-hybridized carbons (Fsp3) is 0.375. The third-order valence-electron chi connectivity index (χ3n) is 3.35. The summed E-state index contributed by atoms with van der Waals surface area (Å²) in [6.45, 7) is 1.77. The van der Waals surface area contributed by atoms with Gasteiger partial charge in [0, 0.05) is 6.54 Å². The highest BCUT2D eigenvalue weighted by molar-refractivity contribution is 7.07. The molecule has 2 aromatic rings. The minimum atomic E-state index is -0.590. The van der Waals surface area contributed by atoms with Gasteiger partial charge in [0.2, 0.25) is 0 Å². The number of methoxy groups -OCH3 is 2. The Kier molecular flexibility index (Phi) is 6.70. The minimum Gasteiger partial charge on any atom is -0.493 e. The van der Waals surface area contributed by atoms with Gasteiger partial charge in [-0.2, -0.15) is 0 Å². The van der Waals surface area contributed by atoms with E-state index in [1.807, 2.05) is 13.0 Å². The first-order valence-electron chi connectivity index (χ1n) is 7.55. The summed E-state index contributed by atoms with van der Waals surface area (Å²) >= 11 is 0.959. The molecular formula is C16H19N3O5S. The molecule has 0 bridgehead atoms. The Balaban J connectivity index is 1.84. The quantitative estimate of drug-likeness (QED) is 0.709. The van der Waals surface area contributed by atoms with Crippen molar-refractivity contribution >= 4 is 23.4 Å². The molecule has 25 heavy (non-hydrogen) atoms. The van der Waals surface area contributed by atoms with E-state index in [0.29, 0.717) is 28.5 Å². The van der Waals surface area contributed by atoms with Crippen LogP contribution in [0.5, 0.6) is 11.5 Å². The predicted octanol–water partition coefficient (Wildman–Crippen LogP) is 1.59. The normalized spacial score (nSPS) is 10.2. The molecule has 0 radical (unpaired) electrons. The van der Waals surface area contributed by atoms with Crippen LogP contribution in [0.4, 0.5) is 0 Å². The molecule has 0 saturated carbocycles. The first-order chi connectivity index (χ1) is 12.1. The summed E-state index contributed by atoms with van der Waals surface area (Å²) in [5.74, 6) is 0.189. The number of carbonyl (C=O) groups excluding carboxylic acids is 2. The molecule has 2 rings (SSSR count). The Hall–Kier alpha value is -2.68. The number of hydrogen-bond donors (Lipinski definition) is 1. The van der Waals surface area contributed by atoms with Crippen LogP contribution in [0.3, 0.4) is 0 Å². The summed E-state index contributed by atoms with van der Waals surface area (Å²) in [7, 11) is 3.09. The molecule has 0 aliphatic heterocycles. The number of esters is 1. The van der Waals surface area contributed by atoms with Crippen LogP contribution < -0.4 is 14.8 Å². The Bertz CT molecular complexity index is 747. The fourth-order valence-corrected chi connectivity index (χ4v) is 2.68. The predicted molar refractivity (Wildman–Crippen MR) is 91.0 cm³/mol. The van der Waals surface area contributed by atoms with Gasteiger partial charge in [-0.05, 0) is 35.6 Å². The lowest BCUT2D eigenvalue weighted by Crippen LogP contribution is -2.28. The summed E-state index contributed by atoms with van der Waals surface area (Å²) in [5.41, 5.74) is 1.40. The molecule has 0 atom stereocenters. The van der Waals surface area contributed by atoms with Crippen molar-refractivity contribution in [3.8, 4) is 11.5 Å². The molecule has 1 N–H and O–H groups in total. The van der Waals surface area contributed by atoms with Crippen LogP contribution in [-0.4, -0.2) is 42.3 Å². The number of amides is 1. The number of nitrogens with one attached hydrogen (secondary N) is 1. The van der Waals surface area contributed by atoms with Gasteiger partial charge >= 0.3 is 5.97 Å². The van der Waals surface area contributed by atoms with Crippen molar-refractivity contribution < 1.29 is 23.8 Å². The highest BCUT2D eigenvalue weighted by atomic mass is 32.1. The number of benzene rings is 1. The van der Waals surface area contributed by atoms with Crippen LogP contribution in [-0.2, 0) is 22.5 Å². The minimum absolute atomic E-state index is 0.277. The molecule has 0 aliphatic rings. The van der Waals surface area contributed by atoms with Gasteiger partial charge < -0.3 is 19.5 Å². The van der Waals surface area contributed by atoms with Crippen LogP contribution in [0.2, 0.25) is 0 Å². The molecule has 0 unspecified atom stereocenters. The van der Waals surface area contributed by atoms with Crippen LogP contribution in [0.1, 0.15) is 27.9 Å². The zero-order valence-corrected chi connectivity index (χ0v) is 15.0. The van der Waals surface area contributed by atoms with E-state index in [-0.39, 0.29) is 13.2 Å². The second kappa shape index (κ2) is 8.97. The van der Waals surface area contributed by atoms with Crippen molar-refractivity contribution in [2.45, 2.75) is 19.9 Å². The van der Waals surface area contributed by atoms with E-state index < -0.39 is 11.9 Å². The van der Waals surface area contributed by atoms with Gasteiger partial charge in [0.15, 0.2) is 23.0 Å². The van der Waals surface area contributed by atoms with Crippen LogP contribution >= 0.6 is 11.5 Å². The first kappa shape index (κ1) is 18.7. The van der Waals surface area contributed by atoms with Crippen molar-refractivity contribution in [2.24, 2.45) is 0 Å². The lowest BCUT2D eigenvalue weighted by molar-refractivity contribution is -0.124. The molecule has 0 aliphatic carbocycles. The largest absolute Gasteiger partial charge is 0.493 e. The van der Waals surface area contributed by atoms with E-state index in [1.165, 1.54) is 0 Å². The Morgan fingerprint density at radius 1 is 1.20 bits per heavy atom. The molecular weight excluding hydrogens is 346 g/mol. The number of carbonyl (C=O) groups is 2. The van der Waals surface area contributed by atoms with E-state index in [9.17, 15) is 9.59 Å². The van der Waals surface area contributed by atoms with Gasteiger partial charge in [0.05, 0.1) is 19.9 Å². The van der Waals surface area contributed by atoms with Crippen LogP contribution in [0.15, 0.2) is 18.2 Å². The molecule has 1 amide bonds. The number of rotatable bonds is 8. The topological polar surface area (TPSA) is 99.6 Å². The Morgan fingerprint density at radius 3 is 2.64 bits per heavy atom. The smallest absolute Gasteiger partial charge is 0.352 e. The Labute approximate surface area is 149 Å². The Morgan fingerprint density at radius 2 is 1.96 bits per heavy atom. The molecule has 0 saturated heterocycles. The SMILES string of the molecule is CCc1nnsc1C(=O)OCC(=O)NCc1ccc(OC)c(OC)c1. The maximum Gasteiger partial charge on any atom is 0.352 e. The number of aryl methyl sites for hydroxylation is 1. The molecule has 9 heteroatoms. The summed E-state index contributed by atoms with van der Waals surface area (Å²) in [6.07, 6.45) is 0.576. The van der Waals surface area contributed by atoms with Gasteiger partial charge in [0.25, 0.3) is 5.91 Å². The third kappa shape index (κ3) is 4.90. The third-order valence-corrected chi connectivity index (χ3v) is 4.10. The average Bonchev–Trinajstić information content (AvgIpc) is 3.12. The molecule has 0 fully saturated rings. The van der Waals surface area contributed by atoms with E-state index >= 15 is 0 Å². The fourth-order valence-electron chi connectivity index (χ4n) is 2.03. The number of aromatic nitrogens is 2. The van der Waals surface area contributed by atoms with Gasteiger partial charge in [-0.15, -0.1) is 5.10 Å². The van der Waals surface area contributed by atoms with Gasteiger partial charge in [-0.25, -0.2) is 4.79 Å². The summed E-state index contributed by atoms with van der Waals surface area (Å²) < 4.78 is 19.1. The van der Waals surface area contributed by atoms with Crippen molar-refractivity contribution in [2.75, 3.05) is 20.8 Å². The van der Waals surface area contributed by atoms with Crippen molar-refractivity contribution in [3.63, 3.8) is 0 Å². The number of nitrogens with zero attached hydrogens (tertiary/aromatic N) is 2. The highest BCUT2D eigenvalue weighted by Crippen LogP contribution is 2.27. The van der Waals surface area contributed by atoms with Crippen LogP contribution in [0, 0.1) is 0 Å². The van der Waals surface area contributed by atoms with Gasteiger partial charge in [-0.3, -0.25) is 4.79 Å². The summed E-state index contributed by atoms with van der Waals surface area (Å²) in [5, 5.41) is 6.51. The van der Waals surface area contributed by atoms with Gasteiger partial charge in [0.1, 0.15) is 0 Å². The van der Waals surface area contributed by atoms with E-state index in [4.69, 9.17) is 14.2 Å². The maximum atomic E-state index is 11.9. The molecule has 0 spiro atoms. The lowest BCUT2D eigenvalue weighted by atomic mass is 10.2. The number of ether oxygens (including phenoxy) is 3. The van der Waals surface area contributed by atoms with Crippen LogP contribution in [0.25, 0.3) is 0 Å². The van der Waals surface area contributed by atoms with Gasteiger partial charge in [-0.1, -0.05) is 17.5 Å². The molecule has 134 valence electrons. The molecule has 1 aromatic carbocycles. The van der Waals surface area contributed by atoms with Crippen molar-refractivity contribution in [1.82, 2.24) is 14.9 Å². The number of hydrogen-bond acceptors (Lipinski definition) is 8.